The molecule has 0 unspecified atom stereocenters. The lowest BCUT2D eigenvalue weighted by Crippen LogP contribution is -2.45. The van der Waals surface area contributed by atoms with Crippen LogP contribution in [0.1, 0.15) is 18.9 Å². The number of hydrogen-bond acceptors (Lipinski definition) is 4. The summed E-state index contributed by atoms with van der Waals surface area (Å²) in [6.45, 7) is 2.76. The Hall–Kier alpha value is -0.950. The maximum atomic E-state index is 12.4. The van der Waals surface area contributed by atoms with Gasteiger partial charge in [-0.2, -0.15) is 0 Å². The Bertz CT molecular complexity index is 560. The SMILES string of the molecule is C[C@@H]1OCC[C@H]1S(=O)(=O)NC[C@@H](Cc1ccccc1)N(C)C. The fourth-order valence-electron chi connectivity index (χ4n) is 2.76. The van der Waals surface area contributed by atoms with Crippen LogP contribution in [-0.4, -0.2) is 58.0 Å². The Morgan fingerprint density at radius 3 is 2.55 bits per heavy atom. The van der Waals surface area contributed by atoms with Crippen LogP contribution in [0.2, 0.25) is 0 Å². The van der Waals surface area contributed by atoms with E-state index < -0.39 is 15.3 Å². The minimum Gasteiger partial charge on any atom is -0.377 e. The van der Waals surface area contributed by atoms with Gasteiger partial charge in [0.15, 0.2) is 0 Å². The maximum Gasteiger partial charge on any atom is 0.217 e. The van der Waals surface area contributed by atoms with Crippen LogP contribution >= 0.6 is 0 Å². The second-order valence-electron chi connectivity index (χ2n) is 6.10. The van der Waals surface area contributed by atoms with E-state index in [9.17, 15) is 8.42 Å². The lowest BCUT2D eigenvalue weighted by Gasteiger charge is -2.26. The summed E-state index contributed by atoms with van der Waals surface area (Å²) in [6, 6.07) is 10.2. The molecule has 0 amide bonds. The van der Waals surface area contributed by atoms with E-state index in [-0.39, 0.29) is 12.1 Å². The molecule has 1 saturated heterocycles. The normalized spacial score (nSPS) is 23.8. The number of likely N-dealkylation sites (N-methyl/N-ethyl adjacent to an activating group) is 1. The van der Waals surface area contributed by atoms with Crippen molar-refractivity contribution in [3.05, 3.63) is 35.9 Å². The standard InChI is InChI=1S/C16H26N2O3S/c1-13-16(9-10-21-13)22(19,20)17-12-15(18(2)3)11-14-7-5-4-6-8-14/h4-8,13,15-17H,9-12H2,1-3H3/t13-,15+,16+/m0/s1. The molecule has 1 aliphatic heterocycles. The average Bonchev–Trinajstić information content (AvgIpc) is 2.91. The van der Waals surface area contributed by atoms with Gasteiger partial charge in [-0.25, -0.2) is 13.1 Å². The lowest BCUT2D eigenvalue weighted by atomic mass is 10.1. The molecular formula is C16H26N2O3S. The Morgan fingerprint density at radius 2 is 2.00 bits per heavy atom. The van der Waals surface area contributed by atoms with Crippen LogP contribution in [0, 0.1) is 0 Å². The van der Waals surface area contributed by atoms with E-state index >= 15 is 0 Å². The van der Waals surface area contributed by atoms with Crippen LogP contribution in [0.4, 0.5) is 0 Å². The van der Waals surface area contributed by atoms with Crippen molar-refractivity contribution < 1.29 is 13.2 Å². The monoisotopic (exact) mass is 326 g/mol. The van der Waals surface area contributed by atoms with E-state index in [1.54, 1.807) is 0 Å². The number of ether oxygens (including phenoxy) is 1. The molecule has 0 bridgehead atoms. The number of nitrogens with zero attached hydrogens (tertiary/aromatic N) is 1. The summed E-state index contributed by atoms with van der Waals surface area (Å²) in [5, 5.41) is -0.438. The first-order chi connectivity index (χ1) is 10.4. The van der Waals surface area contributed by atoms with Gasteiger partial charge in [0.05, 0.1) is 6.10 Å². The average molecular weight is 326 g/mol. The minimum atomic E-state index is -3.33. The molecule has 1 aliphatic rings. The zero-order chi connectivity index (χ0) is 16.2. The predicted molar refractivity (Wildman–Crippen MR) is 88.4 cm³/mol. The topological polar surface area (TPSA) is 58.6 Å². The largest absolute Gasteiger partial charge is 0.377 e. The number of hydrogen-bond donors (Lipinski definition) is 1. The zero-order valence-electron chi connectivity index (χ0n) is 13.5. The molecule has 0 aliphatic carbocycles. The first kappa shape index (κ1) is 17.4. The van der Waals surface area contributed by atoms with Crippen LogP contribution in [0.25, 0.3) is 0 Å². The third kappa shape index (κ3) is 4.52. The number of rotatable bonds is 7. The van der Waals surface area contributed by atoms with E-state index in [2.05, 4.69) is 21.8 Å². The van der Waals surface area contributed by atoms with Crippen molar-refractivity contribution in [2.45, 2.75) is 37.2 Å². The summed E-state index contributed by atoms with van der Waals surface area (Å²) in [4.78, 5) is 2.06. The molecule has 2 rings (SSSR count). The first-order valence-corrected chi connectivity index (χ1v) is 9.25. The molecular weight excluding hydrogens is 300 g/mol. The maximum absolute atomic E-state index is 12.4. The highest BCUT2D eigenvalue weighted by molar-refractivity contribution is 7.90. The molecule has 22 heavy (non-hydrogen) atoms. The van der Waals surface area contributed by atoms with Gasteiger partial charge in [-0.05, 0) is 39.4 Å². The second-order valence-corrected chi connectivity index (χ2v) is 8.09. The zero-order valence-corrected chi connectivity index (χ0v) is 14.3. The van der Waals surface area contributed by atoms with Gasteiger partial charge in [0.1, 0.15) is 5.25 Å². The molecule has 1 aromatic rings. The summed E-state index contributed by atoms with van der Waals surface area (Å²) < 4.78 is 33.0. The Balaban J connectivity index is 1.97. The summed E-state index contributed by atoms with van der Waals surface area (Å²) >= 11 is 0. The number of sulfonamides is 1. The van der Waals surface area contributed by atoms with E-state index in [4.69, 9.17) is 4.74 Å². The summed E-state index contributed by atoms with van der Waals surface area (Å²) in [7, 11) is 0.619. The van der Waals surface area contributed by atoms with Gasteiger partial charge in [-0.15, -0.1) is 0 Å². The molecule has 1 heterocycles. The summed E-state index contributed by atoms with van der Waals surface area (Å²) in [5.74, 6) is 0. The number of nitrogens with one attached hydrogen (secondary N) is 1. The highest BCUT2D eigenvalue weighted by atomic mass is 32.2. The molecule has 0 saturated carbocycles. The molecule has 0 spiro atoms. The molecule has 124 valence electrons. The fourth-order valence-corrected chi connectivity index (χ4v) is 4.39. The Labute approximate surface area is 133 Å². The molecule has 0 radical (unpaired) electrons. The third-order valence-corrected chi connectivity index (χ3v) is 6.25. The molecule has 5 nitrogen and oxygen atoms in total. The van der Waals surface area contributed by atoms with Crippen LogP contribution in [0.15, 0.2) is 30.3 Å². The van der Waals surface area contributed by atoms with Crippen LogP contribution in [0.5, 0.6) is 0 Å². The van der Waals surface area contributed by atoms with E-state index in [0.29, 0.717) is 19.6 Å². The highest BCUT2D eigenvalue weighted by Gasteiger charge is 2.35. The summed E-state index contributed by atoms with van der Waals surface area (Å²) in [5.41, 5.74) is 1.21. The van der Waals surface area contributed by atoms with Crippen molar-refractivity contribution in [1.29, 1.82) is 0 Å². The third-order valence-electron chi connectivity index (χ3n) is 4.27. The van der Waals surface area contributed by atoms with Crippen molar-refractivity contribution in [2.75, 3.05) is 27.2 Å². The molecule has 1 fully saturated rings. The van der Waals surface area contributed by atoms with Crippen LogP contribution in [-0.2, 0) is 21.2 Å². The van der Waals surface area contributed by atoms with E-state index in [0.717, 1.165) is 6.42 Å². The van der Waals surface area contributed by atoms with Gasteiger partial charge in [-0.3, -0.25) is 0 Å². The highest BCUT2D eigenvalue weighted by Crippen LogP contribution is 2.20. The molecule has 1 aromatic carbocycles. The van der Waals surface area contributed by atoms with Gasteiger partial charge in [0.25, 0.3) is 0 Å². The van der Waals surface area contributed by atoms with Crippen LogP contribution < -0.4 is 4.72 Å². The second kappa shape index (κ2) is 7.55. The molecule has 1 N–H and O–H groups in total. The minimum absolute atomic E-state index is 0.120. The van der Waals surface area contributed by atoms with Gasteiger partial charge in [0.2, 0.25) is 10.0 Å². The van der Waals surface area contributed by atoms with E-state index in [1.807, 2.05) is 39.2 Å². The van der Waals surface area contributed by atoms with Gasteiger partial charge < -0.3 is 9.64 Å². The van der Waals surface area contributed by atoms with Crippen molar-refractivity contribution in [1.82, 2.24) is 9.62 Å². The van der Waals surface area contributed by atoms with Gasteiger partial charge >= 0.3 is 0 Å². The van der Waals surface area contributed by atoms with Gasteiger partial charge in [0, 0.05) is 19.2 Å². The van der Waals surface area contributed by atoms with Crippen LogP contribution in [0.3, 0.4) is 0 Å². The van der Waals surface area contributed by atoms with Crippen molar-refractivity contribution >= 4 is 10.0 Å². The van der Waals surface area contributed by atoms with Crippen molar-refractivity contribution in [3.63, 3.8) is 0 Å². The molecule has 3 atom stereocenters. The van der Waals surface area contributed by atoms with Crippen molar-refractivity contribution in [3.8, 4) is 0 Å². The Kier molecular flexibility index (Phi) is 5.97. The Morgan fingerprint density at radius 1 is 1.32 bits per heavy atom. The summed E-state index contributed by atoms with van der Waals surface area (Å²) in [6.07, 6.45) is 1.15. The van der Waals surface area contributed by atoms with Crippen molar-refractivity contribution in [2.24, 2.45) is 0 Å². The van der Waals surface area contributed by atoms with Gasteiger partial charge in [-0.1, -0.05) is 30.3 Å². The number of benzene rings is 1. The predicted octanol–water partition coefficient (Wildman–Crippen LogP) is 1.26. The smallest absolute Gasteiger partial charge is 0.217 e. The van der Waals surface area contributed by atoms with E-state index in [1.165, 1.54) is 5.56 Å². The molecule has 0 aromatic heterocycles. The fraction of sp³-hybridized carbons (Fsp3) is 0.625. The quantitative estimate of drug-likeness (QED) is 0.819. The molecule has 6 heteroatoms. The lowest BCUT2D eigenvalue weighted by molar-refractivity contribution is 0.126. The first-order valence-electron chi connectivity index (χ1n) is 7.70.